The standard InChI is InChI=1S/C18H17N3O2/c1-11-8-9-13(3)15(10-11)16-17(21-23-20-16)19-18(22)14-7-5-4-6-12(14)2/h4-10H,1-3H3,(H,19,21,22). The molecule has 1 aromatic heterocycles. The van der Waals surface area contributed by atoms with E-state index in [9.17, 15) is 4.79 Å². The molecule has 1 amide bonds. The van der Waals surface area contributed by atoms with Crippen LogP contribution in [0.25, 0.3) is 11.3 Å². The van der Waals surface area contributed by atoms with Gasteiger partial charge in [0.05, 0.1) is 0 Å². The van der Waals surface area contributed by atoms with Crippen molar-refractivity contribution in [3.8, 4) is 11.3 Å². The van der Waals surface area contributed by atoms with Gasteiger partial charge in [-0.25, -0.2) is 4.63 Å². The summed E-state index contributed by atoms with van der Waals surface area (Å²) in [6.07, 6.45) is 0. The third kappa shape index (κ3) is 2.99. The van der Waals surface area contributed by atoms with Gasteiger partial charge in [0.15, 0.2) is 5.69 Å². The molecule has 0 aliphatic rings. The Morgan fingerprint density at radius 3 is 2.57 bits per heavy atom. The summed E-state index contributed by atoms with van der Waals surface area (Å²) in [5, 5.41) is 10.6. The molecule has 23 heavy (non-hydrogen) atoms. The number of aromatic nitrogens is 2. The van der Waals surface area contributed by atoms with Crippen LogP contribution in [-0.2, 0) is 0 Å². The Morgan fingerprint density at radius 1 is 1.00 bits per heavy atom. The van der Waals surface area contributed by atoms with Gasteiger partial charge in [0, 0.05) is 11.1 Å². The summed E-state index contributed by atoms with van der Waals surface area (Å²) in [5.41, 5.74) is 5.07. The number of carbonyl (C=O) groups excluding carboxylic acids is 1. The second kappa shape index (κ2) is 6.04. The Hall–Kier alpha value is -2.95. The van der Waals surface area contributed by atoms with Crippen LogP contribution < -0.4 is 5.32 Å². The molecule has 0 saturated carbocycles. The molecule has 5 nitrogen and oxygen atoms in total. The highest BCUT2D eigenvalue weighted by atomic mass is 16.6. The monoisotopic (exact) mass is 307 g/mol. The smallest absolute Gasteiger partial charge is 0.257 e. The summed E-state index contributed by atoms with van der Waals surface area (Å²) in [5.74, 6) is 0.0947. The lowest BCUT2D eigenvalue weighted by molar-refractivity contribution is 0.102. The fraction of sp³-hybridized carbons (Fsp3) is 0.167. The Balaban J connectivity index is 1.94. The summed E-state index contributed by atoms with van der Waals surface area (Å²) < 4.78 is 4.85. The Bertz CT molecular complexity index is 868. The summed E-state index contributed by atoms with van der Waals surface area (Å²) in [7, 11) is 0. The SMILES string of the molecule is Cc1ccc(C)c(-c2nonc2NC(=O)c2ccccc2C)c1. The van der Waals surface area contributed by atoms with Crippen molar-refractivity contribution in [2.45, 2.75) is 20.8 Å². The zero-order chi connectivity index (χ0) is 16.4. The van der Waals surface area contributed by atoms with Gasteiger partial charge in [-0.05, 0) is 54.3 Å². The maximum absolute atomic E-state index is 12.4. The van der Waals surface area contributed by atoms with Crippen molar-refractivity contribution < 1.29 is 9.42 Å². The number of benzene rings is 2. The highest BCUT2D eigenvalue weighted by Gasteiger charge is 2.18. The molecule has 0 aliphatic carbocycles. The number of rotatable bonds is 3. The predicted octanol–water partition coefficient (Wildman–Crippen LogP) is 3.91. The minimum Gasteiger partial charge on any atom is -0.302 e. The topological polar surface area (TPSA) is 68.0 Å². The van der Waals surface area contributed by atoms with Crippen LogP contribution in [0.5, 0.6) is 0 Å². The van der Waals surface area contributed by atoms with Crippen LogP contribution in [0.15, 0.2) is 47.1 Å². The second-order valence-electron chi connectivity index (χ2n) is 5.55. The molecule has 0 saturated heterocycles. The zero-order valence-electron chi connectivity index (χ0n) is 13.3. The van der Waals surface area contributed by atoms with E-state index in [1.54, 1.807) is 6.07 Å². The molecule has 116 valence electrons. The van der Waals surface area contributed by atoms with Gasteiger partial charge in [-0.1, -0.05) is 35.9 Å². The van der Waals surface area contributed by atoms with Crippen LogP contribution in [-0.4, -0.2) is 16.2 Å². The number of carbonyl (C=O) groups is 1. The summed E-state index contributed by atoms with van der Waals surface area (Å²) in [4.78, 5) is 12.4. The number of hydrogen-bond donors (Lipinski definition) is 1. The molecule has 3 rings (SSSR count). The van der Waals surface area contributed by atoms with E-state index in [2.05, 4.69) is 15.6 Å². The van der Waals surface area contributed by atoms with E-state index in [1.165, 1.54) is 0 Å². The second-order valence-corrected chi connectivity index (χ2v) is 5.55. The first kappa shape index (κ1) is 15.0. The first-order valence-corrected chi connectivity index (χ1v) is 7.33. The third-order valence-corrected chi connectivity index (χ3v) is 3.76. The first-order chi connectivity index (χ1) is 11.1. The van der Waals surface area contributed by atoms with Gasteiger partial charge in [-0.3, -0.25) is 4.79 Å². The molecular weight excluding hydrogens is 290 g/mol. The van der Waals surface area contributed by atoms with E-state index in [-0.39, 0.29) is 5.91 Å². The van der Waals surface area contributed by atoms with E-state index in [0.717, 1.165) is 22.3 Å². The molecule has 0 aliphatic heterocycles. The Kier molecular flexibility index (Phi) is 3.93. The van der Waals surface area contributed by atoms with Crippen molar-refractivity contribution in [3.63, 3.8) is 0 Å². The van der Waals surface area contributed by atoms with Gasteiger partial charge < -0.3 is 5.32 Å². The number of nitrogens with zero attached hydrogens (tertiary/aromatic N) is 2. The molecule has 0 atom stereocenters. The predicted molar refractivity (Wildman–Crippen MR) is 88.3 cm³/mol. The first-order valence-electron chi connectivity index (χ1n) is 7.33. The van der Waals surface area contributed by atoms with Crippen LogP contribution >= 0.6 is 0 Å². The highest BCUT2D eigenvalue weighted by Crippen LogP contribution is 2.28. The molecule has 1 heterocycles. The maximum atomic E-state index is 12.4. The van der Waals surface area contributed by atoms with Gasteiger partial charge in [0.2, 0.25) is 5.82 Å². The quantitative estimate of drug-likeness (QED) is 0.796. The van der Waals surface area contributed by atoms with Gasteiger partial charge in [-0.15, -0.1) is 0 Å². The number of hydrogen-bond acceptors (Lipinski definition) is 4. The van der Waals surface area contributed by atoms with Crippen LogP contribution in [0.3, 0.4) is 0 Å². The Labute approximate surface area is 134 Å². The molecule has 0 spiro atoms. The zero-order valence-corrected chi connectivity index (χ0v) is 13.3. The molecule has 0 fully saturated rings. The van der Waals surface area contributed by atoms with Crippen molar-refractivity contribution in [1.29, 1.82) is 0 Å². The van der Waals surface area contributed by atoms with E-state index in [0.29, 0.717) is 17.1 Å². The van der Waals surface area contributed by atoms with Crippen LogP contribution in [0.4, 0.5) is 5.82 Å². The van der Waals surface area contributed by atoms with E-state index < -0.39 is 0 Å². The van der Waals surface area contributed by atoms with Crippen molar-refractivity contribution in [2.75, 3.05) is 5.32 Å². The molecule has 0 bridgehead atoms. The van der Waals surface area contributed by atoms with Gasteiger partial charge in [-0.2, -0.15) is 0 Å². The van der Waals surface area contributed by atoms with Crippen molar-refractivity contribution in [1.82, 2.24) is 10.3 Å². The van der Waals surface area contributed by atoms with Crippen molar-refractivity contribution >= 4 is 11.7 Å². The minimum absolute atomic E-state index is 0.231. The summed E-state index contributed by atoms with van der Waals surface area (Å²) in [6.45, 7) is 5.88. The molecule has 0 radical (unpaired) electrons. The average molecular weight is 307 g/mol. The molecule has 2 aromatic carbocycles. The van der Waals surface area contributed by atoms with Gasteiger partial charge in [0.1, 0.15) is 0 Å². The number of aryl methyl sites for hydroxylation is 3. The molecule has 3 aromatic rings. The lowest BCUT2D eigenvalue weighted by Crippen LogP contribution is -2.14. The fourth-order valence-electron chi connectivity index (χ4n) is 2.44. The van der Waals surface area contributed by atoms with Gasteiger partial charge in [0.25, 0.3) is 5.91 Å². The van der Waals surface area contributed by atoms with E-state index in [1.807, 2.05) is 57.2 Å². The molecular formula is C18H17N3O2. The number of amides is 1. The number of nitrogens with one attached hydrogen (secondary N) is 1. The largest absolute Gasteiger partial charge is 0.302 e. The van der Waals surface area contributed by atoms with Gasteiger partial charge >= 0.3 is 0 Å². The average Bonchev–Trinajstić information content (AvgIpc) is 2.98. The van der Waals surface area contributed by atoms with Crippen LogP contribution in [0.2, 0.25) is 0 Å². The van der Waals surface area contributed by atoms with Crippen molar-refractivity contribution in [2.24, 2.45) is 0 Å². The summed E-state index contributed by atoms with van der Waals surface area (Å²) >= 11 is 0. The highest BCUT2D eigenvalue weighted by molar-refractivity contribution is 6.06. The molecule has 0 unspecified atom stereocenters. The fourth-order valence-corrected chi connectivity index (χ4v) is 2.44. The summed E-state index contributed by atoms with van der Waals surface area (Å²) in [6, 6.07) is 13.4. The Morgan fingerprint density at radius 2 is 1.78 bits per heavy atom. The molecule has 1 N–H and O–H groups in total. The van der Waals surface area contributed by atoms with E-state index in [4.69, 9.17) is 4.63 Å². The molecule has 5 heteroatoms. The normalized spacial score (nSPS) is 10.6. The lowest BCUT2D eigenvalue weighted by atomic mass is 10.0. The minimum atomic E-state index is -0.231. The number of anilines is 1. The van der Waals surface area contributed by atoms with Crippen LogP contribution in [0.1, 0.15) is 27.0 Å². The third-order valence-electron chi connectivity index (χ3n) is 3.76. The van der Waals surface area contributed by atoms with Crippen LogP contribution in [0, 0.1) is 20.8 Å². The lowest BCUT2D eigenvalue weighted by Gasteiger charge is -2.07. The van der Waals surface area contributed by atoms with E-state index >= 15 is 0 Å². The van der Waals surface area contributed by atoms with Crippen molar-refractivity contribution in [3.05, 3.63) is 64.7 Å². The maximum Gasteiger partial charge on any atom is 0.257 e.